The average molecular weight is 302 g/mol. The van der Waals surface area contributed by atoms with Gasteiger partial charge in [0.25, 0.3) is 0 Å². The maximum atomic E-state index is 11.6. The zero-order valence-electron chi connectivity index (χ0n) is 12.5. The quantitative estimate of drug-likeness (QED) is 0.630. The van der Waals surface area contributed by atoms with Gasteiger partial charge in [0.15, 0.2) is 17.3 Å². The van der Waals surface area contributed by atoms with E-state index >= 15 is 0 Å². The molecule has 0 saturated carbocycles. The molecule has 0 aliphatic rings. The maximum absolute atomic E-state index is 11.6. The molecule has 0 fully saturated rings. The van der Waals surface area contributed by atoms with E-state index in [-0.39, 0.29) is 5.76 Å². The molecule has 0 atom stereocenters. The van der Waals surface area contributed by atoms with Gasteiger partial charge in [-0.15, -0.1) is 0 Å². The predicted octanol–water partition coefficient (Wildman–Crippen LogP) is 2.84. The number of ether oxygens (including phenoxy) is 2. The molecule has 0 aliphatic heterocycles. The summed E-state index contributed by atoms with van der Waals surface area (Å²) in [7, 11) is 0. The van der Waals surface area contributed by atoms with Gasteiger partial charge in [0.05, 0.1) is 25.7 Å². The fraction of sp³-hybridized carbons (Fsp3) is 0.250. The van der Waals surface area contributed by atoms with Crippen LogP contribution < -0.4 is 14.9 Å². The Morgan fingerprint density at radius 3 is 2.68 bits per heavy atom. The van der Waals surface area contributed by atoms with E-state index in [1.165, 1.54) is 12.5 Å². The second-order valence-corrected chi connectivity index (χ2v) is 4.25. The number of furan rings is 1. The molecule has 2 aromatic rings. The lowest BCUT2D eigenvalue weighted by Gasteiger charge is -2.11. The van der Waals surface area contributed by atoms with Crippen LogP contribution in [0.1, 0.15) is 30.0 Å². The van der Waals surface area contributed by atoms with E-state index < -0.39 is 5.91 Å². The van der Waals surface area contributed by atoms with Crippen molar-refractivity contribution in [3.05, 3.63) is 47.9 Å². The van der Waals surface area contributed by atoms with Gasteiger partial charge in [-0.3, -0.25) is 4.79 Å². The largest absolute Gasteiger partial charge is 0.490 e. The van der Waals surface area contributed by atoms with Gasteiger partial charge in [-0.05, 0) is 49.7 Å². The Labute approximate surface area is 128 Å². The first-order valence-electron chi connectivity index (χ1n) is 7.01. The summed E-state index contributed by atoms with van der Waals surface area (Å²) in [6, 6.07) is 8.64. The molecule has 0 unspecified atom stereocenters. The Balaban J connectivity index is 2.04. The molecule has 116 valence electrons. The van der Waals surface area contributed by atoms with Crippen LogP contribution in [0.4, 0.5) is 0 Å². The molecule has 0 spiro atoms. The third-order valence-corrected chi connectivity index (χ3v) is 2.69. The number of hydrogen-bond donors (Lipinski definition) is 1. The summed E-state index contributed by atoms with van der Waals surface area (Å²) in [5.41, 5.74) is 3.17. The first-order valence-corrected chi connectivity index (χ1v) is 7.01. The van der Waals surface area contributed by atoms with Crippen LogP contribution in [0.15, 0.2) is 46.1 Å². The highest BCUT2D eigenvalue weighted by molar-refractivity contribution is 5.92. The molecule has 2 rings (SSSR count). The van der Waals surface area contributed by atoms with Gasteiger partial charge in [-0.2, -0.15) is 5.10 Å². The molecule has 1 aromatic carbocycles. The monoisotopic (exact) mass is 302 g/mol. The van der Waals surface area contributed by atoms with Gasteiger partial charge in [0.2, 0.25) is 0 Å². The highest BCUT2D eigenvalue weighted by Crippen LogP contribution is 2.27. The van der Waals surface area contributed by atoms with E-state index in [9.17, 15) is 4.79 Å². The summed E-state index contributed by atoms with van der Waals surface area (Å²) in [4.78, 5) is 11.6. The molecule has 1 heterocycles. The molecule has 0 saturated heterocycles. The Morgan fingerprint density at radius 2 is 2.00 bits per heavy atom. The fourth-order valence-electron chi connectivity index (χ4n) is 1.78. The minimum absolute atomic E-state index is 0.207. The molecule has 1 aromatic heterocycles. The van der Waals surface area contributed by atoms with Crippen molar-refractivity contribution in [3.63, 3.8) is 0 Å². The second-order valence-electron chi connectivity index (χ2n) is 4.25. The average Bonchev–Trinajstić information content (AvgIpc) is 3.04. The van der Waals surface area contributed by atoms with Crippen molar-refractivity contribution in [2.45, 2.75) is 13.8 Å². The number of amides is 1. The number of hydrazone groups is 1. The van der Waals surface area contributed by atoms with Gasteiger partial charge >= 0.3 is 5.91 Å². The van der Waals surface area contributed by atoms with Crippen molar-refractivity contribution < 1.29 is 18.7 Å². The number of carbonyl (C=O) groups excluding carboxylic acids is 1. The third-order valence-electron chi connectivity index (χ3n) is 2.69. The van der Waals surface area contributed by atoms with E-state index in [2.05, 4.69) is 10.5 Å². The summed E-state index contributed by atoms with van der Waals surface area (Å²) >= 11 is 0. The van der Waals surface area contributed by atoms with Gasteiger partial charge in [-0.1, -0.05) is 0 Å². The van der Waals surface area contributed by atoms with Gasteiger partial charge < -0.3 is 13.9 Å². The van der Waals surface area contributed by atoms with Crippen molar-refractivity contribution in [2.24, 2.45) is 5.10 Å². The molecular weight excluding hydrogens is 284 g/mol. The lowest BCUT2D eigenvalue weighted by atomic mass is 10.2. The smallest absolute Gasteiger partial charge is 0.307 e. The van der Waals surface area contributed by atoms with Gasteiger partial charge in [0, 0.05) is 0 Å². The number of nitrogens with zero attached hydrogens (tertiary/aromatic N) is 1. The number of nitrogens with one attached hydrogen (secondary N) is 1. The Hall–Kier alpha value is -2.76. The fourth-order valence-corrected chi connectivity index (χ4v) is 1.78. The topological polar surface area (TPSA) is 73.1 Å². The maximum Gasteiger partial charge on any atom is 0.307 e. The molecule has 0 bridgehead atoms. The van der Waals surface area contributed by atoms with Crippen LogP contribution in [0, 0.1) is 0 Å². The zero-order chi connectivity index (χ0) is 15.8. The molecule has 1 N–H and O–H groups in total. The van der Waals surface area contributed by atoms with Crippen LogP contribution in [0.2, 0.25) is 0 Å². The molecule has 6 heteroatoms. The molecule has 6 nitrogen and oxygen atoms in total. The van der Waals surface area contributed by atoms with E-state index in [1.807, 2.05) is 26.0 Å². The summed E-state index contributed by atoms with van der Waals surface area (Å²) in [5, 5.41) is 3.89. The lowest BCUT2D eigenvalue weighted by Crippen LogP contribution is -2.16. The third kappa shape index (κ3) is 4.12. The number of carbonyl (C=O) groups is 1. The van der Waals surface area contributed by atoms with Crippen molar-refractivity contribution in [2.75, 3.05) is 13.2 Å². The number of rotatable bonds is 7. The number of hydrogen-bond acceptors (Lipinski definition) is 5. The molecule has 0 radical (unpaired) electrons. The van der Waals surface area contributed by atoms with Crippen LogP contribution in [-0.4, -0.2) is 25.3 Å². The Kier molecular flexibility index (Phi) is 5.59. The summed E-state index contributed by atoms with van der Waals surface area (Å²) in [5.74, 6) is 1.13. The predicted molar refractivity (Wildman–Crippen MR) is 82.5 cm³/mol. The highest BCUT2D eigenvalue weighted by atomic mass is 16.5. The van der Waals surface area contributed by atoms with E-state index in [0.29, 0.717) is 24.7 Å². The van der Waals surface area contributed by atoms with Crippen LogP contribution in [0.25, 0.3) is 0 Å². The standard InChI is InChI=1S/C16H18N2O4/c1-3-20-13-8-7-12(10-15(13)21-4-2)11-17-18-16(19)14-6-5-9-22-14/h5-11H,3-4H2,1-2H3,(H,18,19). The zero-order valence-corrected chi connectivity index (χ0v) is 12.5. The molecular formula is C16H18N2O4. The minimum atomic E-state index is -0.405. The second kappa shape index (κ2) is 7.87. The Bertz CT molecular complexity index is 636. The Morgan fingerprint density at radius 1 is 1.23 bits per heavy atom. The van der Waals surface area contributed by atoms with Crippen molar-refractivity contribution in [1.82, 2.24) is 5.43 Å². The van der Waals surface area contributed by atoms with Crippen molar-refractivity contribution >= 4 is 12.1 Å². The normalized spacial score (nSPS) is 10.6. The van der Waals surface area contributed by atoms with Crippen LogP contribution >= 0.6 is 0 Å². The van der Waals surface area contributed by atoms with E-state index in [4.69, 9.17) is 13.9 Å². The lowest BCUT2D eigenvalue weighted by molar-refractivity contribution is 0.0927. The summed E-state index contributed by atoms with van der Waals surface area (Å²) in [6.45, 7) is 4.91. The molecule has 22 heavy (non-hydrogen) atoms. The molecule has 1 amide bonds. The first kappa shape index (κ1) is 15.6. The van der Waals surface area contributed by atoms with Crippen molar-refractivity contribution in [3.8, 4) is 11.5 Å². The SMILES string of the molecule is CCOc1ccc(C=NNC(=O)c2ccco2)cc1OCC. The number of benzene rings is 1. The van der Waals surface area contributed by atoms with Gasteiger partial charge in [-0.25, -0.2) is 5.43 Å². The summed E-state index contributed by atoms with van der Waals surface area (Å²) < 4.78 is 16.0. The first-order chi connectivity index (χ1) is 10.7. The van der Waals surface area contributed by atoms with Crippen LogP contribution in [-0.2, 0) is 0 Å². The summed E-state index contributed by atoms with van der Waals surface area (Å²) in [6.07, 6.45) is 2.96. The van der Waals surface area contributed by atoms with Crippen molar-refractivity contribution in [1.29, 1.82) is 0 Å². The van der Waals surface area contributed by atoms with Crippen LogP contribution in [0.5, 0.6) is 11.5 Å². The van der Waals surface area contributed by atoms with Crippen LogP contribution in [0.3, 0.4) is 0 Å². The van der Waals surface area contributed by atoms with E-state index in [1.54, 1.807) is 18.2 Å². The van der Waals surface area contributed by atoms with Gasteiger partial charge in [0.1, 0.15) is 0 Å². The minimum Gasteiger partial charge on any atom is -0.490 e. The highest BCUT2D eigenvalue weighted by Gasteiger charge is 2.07. The molecule has 0 aliphatic carbocycles. The van der Waals surface area contributed by atoms with E-state index in [0.717, 1.165) is 5.56 Å².